The van der Waals surface area contributed by atoms with Crippen molar-refractivity contribution in [1.29, 1.82) is 0 Å². The van der Waals surface area contributed by atoms with Crippen molar-refractivity contribution < 1.29 is 22.8 Å². The van der Waals surface area contributed by atoms with E-state index in [2.05, 4.69) is 35.0 Å². The molecule has 0 aliphatic carbocycles. The van der Waals surface area contributed by atoms with Crippen LogP contribution in [-0.4, -0.2) is 64.8 Å². The lowest BCUT2D eigenvalue weighted by Crippen LogP contribution is -2.45. The van der Waals surface area contributed by atoms with Gasteiger partial charge in [0.25, 0.3) is 0 Å². The van der Waals surface area contributed by atoms with E-state index in [1.165, 1.54) is 13.2 Å². The third kappa shape index (κ3) is 5.54. The molecule has 0 atom stereocenters. The molecule has 166 valence electrons. The number of methoxy groups -OCH3 is 1. The van der Waals surface area contributed by atoms with Crippen LogP contribution in [-0.2, 0) is 13.1 Å². The van der Waals surface area contributed by atoms with E-state index in [0.717, 1.165) is 43.4 Å². The van der Waals surface area contributed by atoms with E-state index in [9.17, 15) is 8.78 Å². The van der Waals surface area contributed by atoms with Gasteiger partial charge in [-0.2, -0.15) is 13.8 Å². The van der Waals surface area contributed by atoms with Gasteiger partial charge in [-0.25, -0.2) is 4.98 Å². The van der Waals surface area contributed by atoms with Gasteiger partial charge >= 0.3 is 6.61 Å². The molecule has 2 aromatic heterocycles. The minimum Gasteiger partial charge on any atom is -0.493 e. The molecule has 1 aliphatic rings. The fourth-order valence-electron chi connectivity index (χ4n) is 3.44. The Hall–Kier alpha value is -2.63. The van der Waals surface area contributed by atoms with E-state index in [1.54, 1.807) is 23.5 Å². The first-order valence-corrected chi connectivity index (χ1v) is 10.7. The van der Waals surface area contributed by atoms with Gasteiger partial charge in [-0.15, -0.1) is 11.3 Å². The largest absolute Gasteiger partial charge is 0.493 e. The summed E-state index contributed by atoms with van der Waals surface area (Å²) < 4.78 is 40.0. The van der Waals surface area contributed by atoms with Gasteiger partial charge in [0.05, 0.1) is 24.4 Å². The SMILES string of the molecule is COc1cc(-c2noc(CN3CCN(Cc4csc(C)n4)CC3)n2)ccc1OC(F)F. The molecule has 8 nitrogen and oxygen atoms in total. The van der Waals surface area contributed by atoms with Gasteiger partial charge < -0.3 is 14.0 Å². The van der Waals surface area contributed by atoms with E-state index in [1.807, 2.05) is 6.92 Å². The number of thiazole rings is 1. The summed E-state index contributed by atoms with van der Waals surface area (Å²) in [5.41, 5.74) is 1.72. The maximum Gasteiger partial charge on any atom is 0.387 e. The van der Waals surface area contributed by atoms with Gasteiger partial charge in [-0.1, -0.05) is 5.16 Å². The quantitative estimate of drug-likeness (QED) is 0.516. The zero-order valence-corrected chi connectivity index (χ0v) is 18.1. The monoisotopic (exact) mass is 451 g/mol. The van der Waals surface area contributed by atoms with Crippen LogP contribution >= 0.6 is 11.3 Å². The molecule has 1 fully saturated rings. The molecule has 0 spiro atoms. The summed E-state index contributed by atoms with van der Waals surface area (Å²) in [6.07, 6.45) is 0. The number of nitrogens with zero attached hydrogens (tertiary/aromatic N) is 5. The zero-order valence-electron chi connectivity index (χ0n) is 17.3. The third-order valence-corrected chi connectivity index (χ3v) is 5.80. The number of ether oxygens (including phenoxy) is 2. The molecule has 1 saturated heterocycles. The van der Waals surface area contributed by atoms with E-state index in [-0.39, 0.29) is 11.5 Å². The highest BCUT2D eigenvalue weighted by atomic mass is 32.1. The summed E-state index contributed by atoms with van der Waals surface area (Å²) in [4.78, 5) is 13.6. The molecule has 0 amide bonds. The third-order valence-electron chi connectivity index (χ3n) is 4.98. The molecule has 1 aromatic carbocycles. The van der Waals surface area contributed by atoms with Crippen molar-refractivity contribution in [2.75, 3.05) is 33.3 Å². The van der Waals surface area contributed by atoms with Gasteiger partial charge in [-0.05, 0) is 25.1 Å². The Morgan fingerprint density at radius 1 is 1.10 bits per heavy atom. The molecule has 3 aromatic rings. The van der Waals surface area contributed by atoms with Crippen molar-refractivity contribution in [3.8, 4) is 22.9 Å². The van der Waals surface area contributed by atoms with E-state index in [0.29, 0.717) is 23.8 Å². The Morgan fingerprint density at radius 2 is 1.84 bits per heavy atom. The summed E-state index contributed by atoms with van der Waals surface area (Å²) in [5, 5.41) is 7.22. The number of hydrogen-bond donors (Lipinski definition) is 0. The smallest absolute Gasteiger partial charge is 0.387 e. The Labute approximate surface area is 182 Å². The second-order valence-electron chi connectivity index (χ2n) is 7.17. The number of halogens is 2. The van der Waals surface area contributed by atoms with Crippen LogP contribution in [0.3, 0.4) is 0 Å². The van der Waals surface area contributed by atoms with E-state index < -0.39 is 6.61 Å². The molecule has 1 aliphatic heterocycles. The fraction of sp³-hybridized carbons (Fsp3) is 0.450. The molecular formula is C20H23F2N5O3S. The minimum absolute atomic E-state index is 0.0457. The Bertz CT molecular complexity index is 1000. The van der Waals surface area contributed by atoms with Crippen LogP contribution in [0.5, 0.6) is 11.5 Å². The van der Waals surface area contributed by atoms with Gasteiger partial charge in [0.1, 0.15) is 0 Å². The first-order chi connectivity index (χ1) is 15.0. The van der Waals surface area contributed by atoms with Crippen molar-refractivity contribution in [2.45, 2.75) is 26.6 Å². The standard InChI is InChI=1S/C20H23F2N5O3S/c1-13-23-15(12-31-13)10-26-5-7-27(8-6-26)11-18-24-19(25-30-18)14-3-4-16(29-20(21)22)17(9-14)28-2/h3-4,9,12,20H,5-8,10-11H2,1-2H3. The maximum atomic E-state index is 12.5. The van der Waals surface area contributed by atoms with Gasteiger partial charge in [0.15, 0.2) is 11.5 Å². The first-order valence-electron chi connectivity index (χ1n) is 9.81. The van der Waals surface area contributed by atoms with Crippen molar-refractivity contribution in [2.24, 2.45) is 0 Å². The van der Waals surface area contributed by atoms with Gasteiger partial charge in [0.2, 0.25) is 11.7 Å². The molecular weight excluding hydrogens is 428 g/mol. The zero-order chi connectivity index (χ0) is 21.8. The molecule has 3 heterocycles. The Morgan fingerprint density at radius 3 is 2.48 bits per heavy atom. The van der Waals surface area contributed by atoms with Gasteiger partial charge in [0, 0.05) is 43.7 Å². The number of piperazine rings is 1. The van der Waals surface area contributed by atoms with Crippen molar-refractivity contribution in [3.63, 3.8) is 0 Å². The summed E-state index contributed by atoms with van der Waals surface area (Å²) in [6, 6.07) is 4.54. The molecule has 4 rings (SSSR count). The van der Waals surface area contributed by atoms with Crippen LogP contribution in [0.2, 0.25) is 0 Å². The Kier molecular flexibility index (Phi) is 6.73. The lowest BCUT2D eigenvalue weighted by Gasteiger charge is -2.33. The van der Waals surface area contributed by atoms with E-state index in [4.69, 9.17) is 9.26 Å². The summed E-state index contributed by atoms with van der Waals surface area (Å²) in [6.45, 7) is 4.20. The summed E-state index contributed by atoms with van der Waals surface area (Å²) in [7, 11) is 1.38. The van der Waals surface area contributed by atoms with Crippen molar-refractivity contribution in [1.82, 2.24) is 24.9 Å². The molecule has 31 heavy (non-hydrogen) atoms. The molecule has 0 saturated carbocycles. The highest BCUT2D eigenvalue weighted by molar-refractivity contribution is 7.09. The number of aromatic nitrogens is 3. The first kappa shape index (κ1) is 21.6. The maximum absolute atomic E-state index is 12.5. The topological polar surface area (TPSA) is 76.8 Å². The Balaban J connectivity index is 1.33. The molecule has 0 bridgehead atoms. The van der Waals surface area contributed by atoms with E-state index >= 15 is 0 Å². The second kappa shape index (κ2) is 9.67. The number of aryl methyl sites for hydroxylation is 1. The number of benzene rings is 1. The highest BCUT2D eigenvalue weighted by Gasteiger charge is 2.21. The van der Waals surface area contributed by atoms with Crippen LogP contribution in [0.1, 0.15) is 16.6 Å². The number of alkyl halides is 2. The molecule has 0 radical (unpaired) electrons. The van der Waals surface area contributed by atoms with Crippen LogP contribution in [0.15, 0.2) is 28.1 Å². The summed E-state index contributed by atoms with van der Waals surface area (Å²) >= 11 is 1.68. The normalized spacial score (nSPS) is 15.5. The predicted octanol–water partition coefficient (Wildman–Crippen LogP) is 3.43. The second-order valence-corrected chi connectivity index (χ2v) is 8.23. The lowest BCUT2D eigenvalue weighted by atomic mass is 10.2. The number of rotatable bonds is 8. The minimum atomic E-state index is -2.93. The average Bonchev–Trinajstić information content (AvgIpc) is 3.38. The van der Waals surface area contributed by atoms with Crippen LogP contribution in [0, 0.1) is 6.92 Å². The van der Waals surface area contributed by atoms with Gasteiger partial charge in [-0.3, -0.25) is 9.80 Å². The molecule has 0 unspecified atom stereocenters. The summed E-state index contributed by atoms with van der Waals surface area (Å²) in [5.74, 6) is 1.01. The number of hydrogen-bond acceptors (Lipinski definition) is 9. The van der Waals surface area contributed by atoms with Crippen molar-refractivity contribution >= 4 is 11.3 Å². The van der Waals surface area contributed by atoms with Crippen LogP contribution < -0.4 is 9.47 Å². The fourth-order valence-corrected chi connectivity index (χ4v) is 4.05. The van der Waals surface area contributed by atoms with Crippen molar-refractivity contribution in [3.05, 3.63) is 40.2 Å². The van der Waals surface area contributed by atoms with Crippen LogP contribution in [0.4, 0.5) is 8.78 Å². The van der Waals surface area contributed by atoms with Crippen LogP contribution in [0.25, 0.3) is 11.4 Å². The molecule has 11 heteroatoms. The highest BCUT2D eigenvalue weighted by Crippen LogP contribution is 2.32. The lowest BCUT2D eigenvalue weighted by molar-refractivity contribution is -0.0512. The molecule has 0 N–H and O–H groups in total. The average molecular weight is 451 g/mol. The predicted molar refractivity (Wildman–Crippen MR) is 110 cm³/mol.